The van der Waals surface area contributed by atoms with E-state index in [0.29, 0.717) is 5.88 Å². The second-order valence-corrected chi connectivity index (χ2v) is 5.53. The first-order chi connectivity index (χ1) is 6.41. The van der Waals surface area contributed by atoms with Gasteiger partial charge in [0.2, 0.25) is 10.0 Å². The van der Waals surface area contributed by atoms with Crippen LogP contribution in [0.5, 0.6) is 0 Å². The van der Waals surface area contributed by atoms with Crippen LogP contribution in [0.3, 0.4) is 0 Å². The average molecular weight is 239 g/mol. The number of sulfonamides is 1. The van der Waals surface area contributed by atoms with Crippen LogP contribution >= 0.6 is 11.6 Å². The highest BCUT2D eigenvalue weighted by Gasteiger charge is 2.17. The molecule has 0 aliphatic rings. The summed E-state index contributed by atoms with van der Waals surface area (Å²) in [6, 6.07) is 1.56. The molecule has 0 aromatic heterocycles. The fraction of sp³-hybridized carbons (Fsp3) is 0.875. The molecule has 0 amide bonds. The highest BCUT2D eigenvalue weighted by atomic mass is 35.5. The van der Waals surface area contributed by atoms with Crippen molar-refractivity contribution in [3.63, 3.8) is 0 Å². The zero-order valence-electron chi connectivity index (χ0n) is 8.33. The molecule has 0 aliphatic carbocycles. The van der Waals surface area contributed by atoms with E-state index in [0.717, 1.165) is 0 Å². The van der Waals surface area contributed by atoms with Gasteiger partial charge in [-0.1, -0.05) is 6.92 Å². The first-order valence-corrected chi connectivity index (χ1v) is 6.53. The van der Waals surface area contributed by atoms with Gasteiger partial charge in [0.25, 0.3) is 0 Å². The molecular weight excluding hydrogens is 224 g/mol. The predicted molar refractivity (Wildman–Crippen MR) is 56.5 cm³/mol. The highest BCUT2D eigenvalue weighted by Crippen LogP contribution is 2.03. The monoisotopic (exact) mass is 238 g/mol. The molecule has 1 N–H and O–H groups in total. The molecule has 0 spiro atoms. The van der Waals surface area contributed by atoms with E-state index >= 15 is 0 Å². The smallest absolute Gasteiger partial charge is 0.212 e. The van der Waals surface area contributed by atoms with Gasteiger partial charge in [-0.15, -0.1) is 11.6 Å². The van der Waals surface area contributed by atoms with E-state index in [-0.39, 0.29) is 24.1 Å². The topological polar surface area (TPSA) is 70.0 Å². The Hall–Kier alpha value is -0.310. The summed E-state index contributed by atoms with van der Waals surface area (Å²) in [5.74, 6) is 0.239. The molecule has 0 saturated carbocycles. The standard InChI is InChI=1S/C8H15ClN2O2S/c1-7(5-9)6-14(12,13)11-8(2)3-4-10/h7-8,11H,3,5-6H2,1-2H3. The van der Waals surface area contributed by atoms with Crippen molar-refractivity contribution in [2.75, 3.05) is 11.6 Å². The van der Waals surface area contributed by atoms with Crippen LogP contribution in [0.2, 0.25) is 0 Å². The van der Waals surface area contributed by atoms with Crippen molar-refractivity contribution in [1.29, 1.82) is 5.26 Å². The molecule has 0 aromatic rings. The van der Waals surface area contributed by atoms with Crippen molar-refractivity contribution < 1.29 is 8.42 Å². The lowest BCUT2D eigenvalue weighted by molar-refractivity contribution is 0.552. The summed E-state index contributed by atoms with van der Waals surface area (Å²) in [5.41, 5.74) is 0. The van der Waals surface area contributed by atoms with Gasteiger partial charge in [-0.05, 0) is 12.8 Å². The van der Waals surface area contributed by atoms with Gasteiger partial charge in [-0.25, -0.2) is 13.1 Å². The zero-order chi connectivity index (χ0) is 11.2. The molecule has 0 saturated heterocycles. The van der Waals surface area contributed by atoms with Crippen LogP contribution in [0.1, 0.15) is 20.3 Å². The molecule has 2 atom stereocenters. The summed E-state index contributed by atoms with van der Waals surface area (Å²) in [6.07, 6.45) is 0.175. The van der Waals surface area contributed by atoms with Crippen molar-refractivity contribution in [3.05, 3.63) is 0 Å². The largest absolute Gasteiger partial charge is 0.212 e. The van der Waals surface area contributed by atoms with Gasteiger partial charge in [-0.2, -0.15) is 5.26 Å². The van der Waals surface area contributed by atoms with Crippen molar-refractivity contribution in [3.8, 4) is 6.07 Å². The van der Waals surface area contributed by atoms with Gasteiger partial charge in [-0.3, -0.25) is 0 Å². The van der Waals surface area contributed by atoms with Gasteiger partial charge in [0.05, 0.1) is 18.2 Å². The average Bonchev–Trinajstić information content (AvgIpc) is 2.02. The summed E-state index contributed by atoms with van der Waals surface area (Å²) >= 11 is 5.51. The van der Waals surface area contributed by atoms with E-state index in [4.69, 9.17) is 16.9 Å². The molecule has 82 valence electrons. The second-order valence-electron chi connectivity index (χ2n) is 3.42. The van der Waals surface area contributed by atoms with Gasteiger partial charge in [0.15, 0.2) is 0 Å². The van der Waals surface area contributed by atoms with E-state index in [1.165, 1.54) is 0 Å². The SMILES string of the molecule is CC(CCl)CS(=O)(=O)NC(C)CC#N. The Balaban J connectivity index is 4.15. The first-order valence-electron chi connectivity index (χ1n) is 4.34. The molecule has 0 radical (unpaired) electrons. The summed E-state index contributed by atoms with van der Waals surface area (Å²) in [6.45, 7) is 3.42. The Labute approximate surface area is 90.3 Å². The van der Waals surface area contributed by atoms with Crippen LogP contribution in [-0.4, -0.2) is 26.1 Å². The lowest BCUT2D eigenvalue weighted by Gasteiger charge is -2.13. The minimum atomic E-state index is -3.30. The van der Waals surface area contributed by atoms with E-state index in [1.54, 1.807) is 13.8 Å². The minimum absolute atomic E-state index is 0.00622. The normalized spacial score (nSPS) is 15.9. The number of nitrogens with one attached hydrogen (secondary N) is 1. The van der Waals surface area contributed by atoms with Crippen LogP contribution in [0.4, 0.5) is 0 Å². The summed E-state index contributed by atoms with van der Waals surface area (Å²) in [5, 5.41) is 8.36. The molecular formula is C8H15ClN2O2S. The summed E-state index contributed by atoms with van der Waals surface area (Å²) in [4.78, 5) is 0. The summed E-state index contributed by atoms with van der Waals surface area (Å²) in [7, 11) is -3.30. The molecule has 0 aliphatic heterocycles. The van der Waals surface area contributed by atoms with Crippen LogP contribution in [0.25, 0.3) is 0 Å². The summed E-state index contributed by atoms with van der Waals surface area (Å²) < 4.78 is 25.2. The predicted octanol–water partition coefficient (Wildman–Crippen LogP) is 1.08. The number of nitriles is 1. The third kappa shape index (κ3) is 6.19. The van der Waals surface area contributed by atoms with Crippen LogP contribution in [-0.2, 0) is 10.0 Å². The van der Waals surface area contributed by atoms with Crippen molar-refractivity contribution >= 4 is 21.6 Å². The Bertz CT molecular complexity index is 297. The van der Waals surface area contributed by atoms with Gasteiger partial charge < -0.3 is 0 Å². The molecule has 2 unspecified atom stereocenters. The number of hydrogen-bond donors (Lipinski definition) is 1. The molecule has 0 fully saturated rings. The maximum absolute atomic E-state index is 11.4. The molecule has 6 heteroatoms. The fourth-order valence-corrected chi connectivity index (χ4v) is 2.85. The lowest BCUT2D eigenvalue weighted by atomic mass is 10.3. The van der Waals surface area contributed by atoms with E-state index in [9.17, 15) is 8.42 Å². The number of rotatable bonds is 6. The van der Waals surface area contributed by atoms with Crippen LogP contribution in [0, 0.1) is 17.2 Å². The van der Waals surface area contributed by atoms with Gasteiger partial charge in [0, 0.05) is 11.9 Å². The van der Waals surface area contributed by atoms with Crippen molar-refractivity contribution in [2.45, 2.75) is 26.3 Å². The fourth-order valence-electron chi connectivity index (χ4n) is 0.952. The molecule has 0 aromatic carbocycles. The maximum atomic E-state index is 11.4. The van der Waals surface area contributed by atoms with Crippen LogP contribution in [0.15, 0.2) is 0 Å². The van der Waals surface area contributed by atoms with E-state index in [1.807, 2.05) is 6.07 Å². The quantitative estimate of drug-likeness (QED) is 0.704. The molecule has 0 bridgehead atoms. The number of hydrogen-bond acceptors (Lipinski definition) is 3. The molecule has 14 heavy (non-hydrogen) atoms. The Morgan fingerprint density at radius 3 is 2.50 bits per heavy atom. The lowest BCUT2D eigenvalue weighted by Crippen LogP contribution is -2.36. The highest BCUT2D eigenvalue weighted by molar-refractivity contribution is 7.89. The zero-order valence-corrected chi connectivity index (χ0v) is 9.90. The Kier molecular flexibility index (Phi) is 6.09. The minimum Gasteiger partial charge on any atom is -0.212 e. The van der Waals surface area contributed by atoms with E-state index in [2.05, 4.69) is 4.72 Å². The third-order valence-electron chi connectivity index (χ3n) is 1.55. The third-order valence-corrected chi connectivity index (χ3v) is 3.84. The second kappa shape index (κ2) is 6.23. The van der Waals surface area contributed by atoms with Crippen molar-refractivity contribution in [1.82, 2.24) is 4.72 Å². The molecule has 0 heterocycles. The van der Waals surface area contributed by atoms with Crippen LogP contribution < -0.4 is 4.72 Å². The molecule has 4 nitrogen and oxygen atoms in total. The van der Waals surface area contributed by atoms with E-state index < -0.39 is 10.0 Å². The molecule has 0 rings (SSSR count). The number of nitrogens with zero attached hydrogens (tertiary/aromatic N) is 1. The van der Waals surface area contributed by atoms with Crippen molar-refractivity contribution in [2.24, 2.45) is 5.92 Å². The number of alkyl halides is 1. The van der Waals surface area contributed by atoms with Gasteiger partial charge >= 0.3 is 0 Å². The Morgan fingerprint density at radius 2 is 2.07 bits per heavy atom. The van der Waals surface area contributed by atoms with Gasteiger partial charge in [0.1, 0.15) is 0 Å². The number of halogens is 1. The maximum Gasteiger partial charge on any atom is 0.212 e. The Morgan fingerprint density at radius 1 is 1.50 bits per heavy atom. The first kappa shape index (κ1) is 13.7.